The molecule has 180 valence electrons. The van der Waals surface area contributed by atoms with Crippen molar-refractivity contribution < 1.29 is 18.0 Å². The molecule has 1 fully saturated rings. The Bertz CT molecular complexity index is 1080. The van der Waals surface area contributed by atoms with Gasteiger partial charge in [0.05, 0.1) is 18.2 Å². The van der Waals surface area contributed by atoms with E-state index in [4.69, 9.17) is 5.26 Å². The summed E-state index contributed by atoms with van der Waals surface area (Å²) >= 11 is 0. The van der Waals surface area contributed by atoms with Crippen molar-refractivity contribution in [3.8, 4) is 6.07 Å². The van der Waals surface area contributed by atoms with Crippen LogP contribution in [-0.2, 0) is 25.7 Å². The number of hydrogen-bond acceptors (Lipinski definition) is 3. The monoisotopic (exact) mass is 469 g/mol. The maximum absolute atomic E-state index is 14.0. The highest BCUT2D eigenvalue weighted by molar-refractivity contribution is 6.10. The van der Waals surface area contributed by atoms with E-state index in [1.807, 2.05) is 25.1 Å². The van der Waals surface area contributed by atoms with E-state index < -0.39 is 11.7 Å². The van der Waals surface area contributed by atoms with Crippen LogP contribution < -0.4 is 4.90 Å². The number of hydrogen-bond donors (Lipinski definition) is 0. The number of alkyl halides is 3. The molecule has 4 rings (SSSR count). The molecule has 2 aromatic carbocycles. The molecule has 0 unspecified atom stereocenters. The van der Waals surface area contributed by atoms with Crippen LogP contribution in [0.5, 0.6) is 0 Å². The largest absolute Gasteiger partial charge is 0.416 e. The van der Waals surface area contributed by atoms with Gasteiger partial charge in [-0.3, -0.25) is 9.69 Å². The van der Waals surface area contributed by atoms with Gasteiger partial charge in [0.2, 0.25) is 0 Å². The zero-order valence-electron chi connectivity index (χ0n) is 19.5. The van der Waals surface area contributed by atoms with Gasteiger partial charge >= 0.3 is 6.18 Å². The zero-order valence-corrected chi connectivity index (χ0v) is 19.5. The molecule has 1 amide bonds. The Morgan fingerprint density at radius 3 is 2.53 bits per heavy atom. The second-order valence-corrected chi connectivity index (χ2v) is 9.41. The summed E-state index contributed by atoms with van der Waals surface area (Å²) in [5.74, 6) is -0.178. The molecule has 2 aromatic rings. The fourth-order valence-electron chi connectivity index (χ4n) is 5.07. The van der Waals surface area contributed by atoms with Crippen LogP contribution in [0.4, 0.5) is 18.9 Å². The number of nitrogens with zero attached hydrogens (tertiary/aromatic N) is 3. The summed E-state index contributed by atoms with van der Waals surface area (Å²) in [6.45, 7) is 4.11. The smallest absolute Gasteiger partial charge is 0.304 e. The number of halogens is 3. The molecule has 2 heterocycles. The van der Waals surface area contributed by atoms with E-state index in [9.17, 15) is 18.0 Å². The Labute approximate surface area is 199 Å². The number of anilines is 1. The molecule has 0 aromatic heterocycles. The molecular weight excluding hydrogens is 439 g/mol. The number of carbonyl (C=O) groups is 1. The topological polar surface area (TPSA) is 47.3 Å². The molecule has 2 aliphatic heterocycles. The van der Waals surface area contributed by atoms with Gasteiger partial charge in [-0.05, 0) is 79.2 Å². The molecule has 2 aliphatic rings. The Kier molecular flexibility index (Phi) is 7.27. The van der Waals surface area contributed by atoms with E-state index >= 15 is 0 Å². The van der Waals surface area contributed by atoms with Crippen LogP contribution >= 0.6 is 0 Å². The highest BCUT2D eigenvalue weighted by atomic mass is 19.4. The summed E-state index contributed by atoms with van der Waals surface area (Å²) < 4.78 is 42.0. The van der Waals surface area contributed by atoms with Crippen LogP contribution in [0, 0.1) is 17.2 Å². The lowest BCUT2D eigenvalue weighted by Crippen LogP contribution is -2.29. The van der Waals surface area contributed by atoms with Crippen LogP contribution in [0.25, 0.3) is 0 Å². The average Bonchev–Trinajstić information content (AvgIpc) is 3.15. The van der Waals surface area contributed by atoms with Crippen LogP contribution in [-0.4, -0.2) is 23.9 Å². The first kappa shape index (κ1) is 24.3. The average molecular weight is 470 g/mol. The fourth-order valence-corrected chi connectivity index (χ4v) is 5.07. The van der Waals surface area contributed by atoms with Crippen LogP contribution in [0.1, 0.15) is 71.6 Å². The number of benzene rings is 2. The van der Waals surface area contributed by atoms with Crippen LogP contribution in [0.2, 0.25) is 0 Å². The van der Waals surface area contributed by atoms with Crippen molar-refractivity contribution in [2.75, 3.05) is 18.0 Å². The molecule has 0 N–H and O–H groups in total. The van der Waals surface area contributed by atoms with Crippen molar-refractivity contribution in [3.05, 3.63) is 64.2 Å². The SMILES string of the molecule is CC[C@H](CC#N)Cc1cccc(N2Cc3c(cc(CN4CCCCC4)cc3C(F)(F)F)C2=O)c1. The second-order valence-electron chi connectivity index (χ2n) is 9.41. The molecule has 1 atom stereocenters. The molecule has 7 heteroatoms. The maximum Gasteiger partial charge on any atom is 0.416 e. The number of carbonyl (C=O) groups excluding carboxylic acids is 1. The highest BCUT2D eigenvalue weighted by Crippen LogP contribution is 2.40. The quantitative estimate of drug-likeness (QED) is 0.476. The van der Waals surface area contributed by atoms with Gasteiger partial charge in [0.1, 0.15) is 0 Å². The van der Waals surface area contributed by atoms with Crippen LogP contribution in [0.15, 0.2) is 36.4 Å². The Balaban J connectivity index is 1.63. The van der Waals surface area contributed by atoms with E-state index in [1.54, 1.807) is 12.1 Å². The molecule has 0 bridgehead atoms. The van der Waals surface area contributed by atoms with Gasteiger partial charge in [-0.25, -0.2) is 0 Å². The number of amides is 1. The predicted molar refractivity (Wildman–Crippen MR) is 125 cm³/mol. The van der Waals surface area contributed by atoms with E-state index in [0.717, 1.165) is 44.3 Å². The highest BCUT2D eigenvalue weighted by Gasteiger charge is 2.40. The Morgan fingerprint density at radius 2 is 1.85 bits per heavy atom. The summed E-state index contributed by atoms with van der Waals surface area (Å²) in [5, 5.41) is 9.03. The number of rotatable bonds is 7. The summed E-state index contributed by atoms with van der Waals surface area (Å²) in [5.41, 5.74) is 1.62. The van der Waals surface area contributed by atoms with Gasteiger partial charge in [0, 0.05) is 24.2 Å². The number of fused-ring (bicyclic) bond motifs is 1. The predicted octanol–water partition coefficient (Wildman–Crippen LogP) is 6.33. The van der Waals surface area contributed by atoms with Gasteiger partial charge in [0.25, 0.3) is 5.91 Å². The van der Waals surface area contributed by atoms with Crippen molar-refractivity contribution in [2.45, 2.75) is 64.7 Å². The molecule has 4 nitrogen and oxygen atoms in total. The minimum Gasteiger partial charge on any atom is -0.304 e. The lowest BCUT2D eigenvalue weighted by atomic mass is 9.94. The summed E-state index contributed by atoms with van der Waals surface area (Å²) in [6.07, 6.45) is 0.730. The van der Waals surface area contributed by atoms with Crippen molar-refractivity contribution in [1.82, 2.24) is 4.90 Å². The zero-order chi connectivity index (χ0) is 24.3. The number of nitriles is 1. The first-order valence-corrected chi connectivity index (χ1v) is 12.0. The molecular formula is C27H30F3N3O. The second kappa shape index (κ2) is 10.2. The standard InChI is InChI=1S/C27H30F3N3O/c1-2-19(9-10-31)13-20-7-6-8-22(14-20)33-18-24-23(26(33)34)15-21(16-25(24)27(28,29)30)17-32-11-4-3-5-12-32/h6-8,14-16,19H,2-5,9,11-13,17-18H2,1H3/t19-/m1/s1. The third-order valence-electron chi connectivity index (χ3n) is 6.97. The normalized spacial score (nSPS) is 17.5. The Morgan fingerprint density at radius 1 is 1.09 bits per heavy atom. The molecule has 0 radical (unpaired) electrons. The van der Waals surface area contributed by atoms with Crippen molar-refractivity contribution in [1.29, 1.82) is 5.26 Å². The first-order valence-electron chi connectivity index (χ1n) is 12.0. The third kappa shape index (κ3) is 5.28. The lowest BCUT2D eigenvalue weighted by molar-refractivity contribution is -0.138. The minimum atomic E-state index is -4.52. The summed E-state index contributed by atoms with van der Waals surface area (Å²) in [4.78, 5) is 16.9. The minimum absolute atomic E-state index is 0.0567. The van der Waals surface area contributed by atoms with Gasteiger partial charge in [-0.15, -0.1) is 0 Å². The van der Waals surface area contributed by atoms with Crippen molar-refractivity contribution in [3.63, 3.8) is 0 Å². The molecule has 0 saturated carbocycles. The van der Waals surface area contributed by atoms with Gasteiger partial charge in [0.15, 0.2) is 0 Å². The maximum atomic E-state index is 14.0. The molecule has 34 heavy (non-hydrogen) atoms. The molecule has 1 saturated heterocycles. The van der Waals surface area contributed by atoms with Gasteiger partial charge in [-0.2, -0.15) is 18.4 Å². The Hall–Kier alpha value is -2.85. The molecule has 0 spiro atoms. The van der Waals surface area contributed by atoms with E-state index in [2.05, 4.69) is 11.0 Å². The fraction of sp³-hybridized carbons (Fsp3) is 0.481. The number of likely N-dealkylation sites (tertiary alicyclic amines) is 1. The first-order chi connectivity index (χ1) is 16.3. The van der Waals surface area contributed by atoms with Crippen molar-refractivity contribution in [2.24, 2.45) is 5.92 Å². The van der Waals surface area contributed by atoms with Crippen molar-refractivity contribution >= 4 is 11.6 Å². The third-order valence-corrected chi connectivity index (χ3v) is 6.97. The molecule has 0 aliphatic carbocycles. The van der Waals surface area contributed by atoms with E-state index in [0.29, 0.717) is 30.6 Å². The van der Waals surface area contributed by atoms with E-state index in [1.165, 1.54) is 11.0 Å². The van der Waals surface area contributed by atoms with E-state index in [-0.39, 0.29) is 29.5 Å². The van der Waals surface area contributed by atoms with Crippen LogP contribution in [0.3, 0.4) is 0 Å². The summed E-state index contributed by atoms with van der Waals surface area (Å²) in [7, 11) is 0. The lowest BCUT2D eigenvalue weighted by Gasteiger charge is -2.27. The number of piperidine rings is 1. The van der Waals surface area contributed by atoms with Gasteiger partial charge in [-0.1, -0.05) is 31.9 Å². The summed E-state index contributed by atoms with van der Waals surface area (Å²) in [6, 6.07) is 12.5. The van der Waals surface area contributed by atoms with Gasteiger partial charge < -0.3 is 4.90 Å².